The Bertz CT molecular complexity index is 1050. The number of nitrogens with two attached hydrogens (primary N) is 1. The Morgan fingerprint density at radius 1 is 1.27 bits per heavy atom. The Balaban J connectivity index is 1.64. The second-order valence-corrected chi connectivity index (χ2v) is 7.15. The molecular weight excluding hydrogens is 376 g/mol. The van der Waals surface area contributed by atoms with Crippen LogP contribution in [0.15, 0.2) is 67.0 Å². The first-order valence-electron chi connectivity index (χ1n) is 9.77. The molecule has 0 aliphatic carbocycles. The van der Waals surface area contributed by atoms with Crippen LogP contribution in [0.25, 0.3) is 6.08 Å². The lowest BCUT2D eigenvalue weighted by Crippen LogP contribution is -2.27. The van der Waals surface area contributed by atoms with E-state index in [1.54, 1.807) is 19.3 Å². The van der Waals surface area contributed by atoms with E-state index in [1.165, 1.54) is 0 Å². The molecule has 0 saturated carbocycles. The molecule has 0 amide bonds. The van der Waals surface area contributed by atoms with E-state index < -0.39 is 6.10 Å². The molecule has 3 aromatic rings. The van der Waals surface area contributed by atoms with Gasteiger partial charge in [-0.15, -0.1) is 0 Å². The molecule has 6 heteroatoms. The molecule has 0 saturated heterocycles. The Labute approximate surface area is 176 Å². The molecule has 1 atom stereocenters. The fraction of sp³-hybridized carbons (Fsp3) is 0.208. The number of allylic oxidation sites excluding steroid dienone is 1. The number of nitrogens with one attached hydrogen (secondary N) is 1. The number of ether oxygens (including phenoxy) is 1. The van der Waals surface area contributed by atoms with Gasteiger partial charge in [0.15, 0.2) is 5.82 Å². The lowest BCUT2D eigenvalue weighted by Gasteiger charge is -2.11. The molecule has 1 aromatic heterocycles. The first-order valence-corrected chi connectivity index (χ1v) is 9.77. The number of benzene rings is 2. The number of carbonyl (C=O) groups is 1. The van der Waals surface area contributed by atoms with E-state index in [-0.39, 0.29) is 11.6 Å². The molecule has 1 heterocycles. The molecule has 3 rings (SSSR count). The van der Waals surface area contributed by atoms with E-state index in [2.05, 4.69) is 4.98 Å². The maximum atomic E-state index is 12.7. The number of aryl methyl sites for hydroxylation is 1. The van der Waals surface area contributed by atoms with Crippen molar-refractivity contribution in [3.05, 3.63) is 95.1 Å². The normalized spacial score (nSPS) is 12.2. The topological polar surface area (TPSA) is 94.0 Å². The van der Waals surface area contributed by atoms with Gasteiger partial charge in [0.25, 0.3) is 0 Å². The minimum atomic E-state index is -0.407. The van der Waals surface area contributed by atoms with Gasteiger partial charge in [-0.25, -0.2) is 4.98 Å². The highest BCUT2D eigenvalue weighted by Gasteiger charge is 2.14. The van der Waals surface area contributed by atoms with Crippen molar-refractivity contribution in [2.24, 2.45) is 5.73 Å². The zero-order valence-electron chi connectivity index (χ0n) is 17.2. The number of amidine groups is 1. The summed E-state index contributed by atoms with van der Waals surface area (Å²) in [5.74, 6) is 0.346. The maximum absolute atomic E-state index is 12.7. The van der Waals surface area contributed by atoms with Gasteiger partial charge >= 0.3 is 0 Å². The van der Waals surface area contributed by atoms with Crippen LogP contribution in [-0.2, 0) is 17.9 Å². The van der Waals surface area contributed by atoms with Gasteiger partial charge in [-0.05, 0) is 31.0 Å². The molecule has 0 spiro atoms. The average molecular weight is 402 g/mol. The summed E-state index contributed by atoms with van der Waals surface area (Å²) in [5, 5.41) is 7.39. The smallest absolute Gasteiger partial charge is 0.228 e. The highest BCUT2D eigenvalue weighted by atomic mass is 16.5. The monoisotopic (exact) mass is 402 g/mol. The van der Waals surface area contributed by atoms with Gasteiger partial charge < -0.3 is 15.0 Å². The molecule has 3 N–H and O–H groups in total. The lowest BCUT2D eigenvalue weighted by molar-refractivity contribution is 0.0948. The second-order valence-electron chi connectivity index (χ2n) is 7.15. The van der Waals surface area contributed by atoms with Gasteiger partial charge in [-0.2, -0.15) is 0 Å². The van der Waals surface area contributed by atoms with Crippen LogP contribution in [0.1, 0.15) is 39.8 Å². The first kappa shape index (κ1) is 21.2. The fourth-order valence-corrected chi connectivity index (χ4v) is 2.90. The summed E-state index contributed by atoms with van der Waals surface area (Å²) in [7, 11) is 0. The van der Waals surface area contributed by atoms with Crippen LogP contribution in [-0.4, -0.2) is 27.3 Å². The lowest BCUT2D eigenvalue weighted by atomic mass is 10.1. The molecule has 0 aliphatic rings. The zero-order valence-corrected chi connectivity index (χ0v) is 17.2. The SMILES string of the molecule is Cc1ccc(C(=O)c2nccn2C/C=C/c2cccc(CO[C@H](C)C(=N)N)c2)cc1. The van der Waals surface area contributed by atoms with Gasteiger partial charge in [0.1, 0.15) is 11.9 Å². The van der Waals surface area contributed by atoms with Gasteiger partial charge in [-0.3, -0.25) is 10.2 Å². The summed E-state index contributed by atoms with van der Waals surface area (Å²) in [6.07, 6.45) is 7.03. The number of hydrogen-bond donors (Lipinski definition) is 2. The van der Waals surface area contributed by atoms with E-state index in [0.29, 0.717) is 24.5 Å². The van der Waals surface area contributed by atoms with Crippen molar-refractivity contribution in [1.29, 1.82) is 5.41 Å². The van der Waals surface area contributed by atoms with Crippen LogP contribution < -0.4 is 5.73 Å². The highest BCUT2D eigenvalue weighted by Crippen LogP contribution is 2.12. The van der Waals surface area contributed by atoms with Gasteiger partial charge in [0.2, 0.25) is 5.78 Å². The van der Waals surface area contributed by atoms with Crippen molar-refractivity contribution >= 4 is 17.7 Å². The summed E-state index contributed by atoms with van der Waals surface area (Å²) in [4.78, 5) is 17.0. The molecule has 2 aromatic carbocycles. The Morgan fingerprint density at radius 3 is 2.77 bits per heavy atom. The maximum Gasteiger partial charge on any atom is 0.228 e. The predicted molar refractivity (Wildman–Crippen MR) is 118 cm³/mol. The number of nitrogens with zero attached hydrogens (tertiary/aromatic N) is 2. The number of hydrogen-bond acceptors (Lipinski definition) is 4. The fourth-order valence-electron chi connectivity index (χ4n) is 2.90. The van der Waals surface area contributed by atoms with E-state index in [0.717, 1.165) is 16.7 Å². The highest BCUT2D eigenvalue weighted by molar-refractivity contribution is 6.06. The van der Waals surface area contributed by atoms with Crippen molar-refractivity contribution in [1.82, 2.24) is 9.55 Å². The molecule has 0 fully saturated rings. The van der Waals surface area contributed by atoms with Crippen molar-refractivity contribution < 1.29 is 9.53 Å². The van der Waals surface area contributed by atoms with E-state index in [1.807, 2.05) is 72.2 Å². The number of carbonyl (C=O) groups excluding carboxylic acids is 1. The van der Waals surface area contributed by atoms with Gasteiger partial charge in [-0.1, -0.05) is 60.2 Å². The van der Waals surface area contributed by atoms with Crippen LogP contribution >= 0.6 is 0 Å². The summed E-state index contributed by atoms with van der Waals surface area (Å²) >= 11 is 0. The zero-order chi connectivity index (χ0) is 21.5. The van der Waals surface area contributed by atoms with Crippen LogP contribution in [0, 0.1) is 12.3 Å². The Hall–Kier alpha value is -3.51. The predicted octanol–water partition coefficient (Wildman–Crippen LogP) is 3.98. The number of aromatic nitrogens is 2. The Kier molecular flexibility index (Phi) is 6.93. The molecule has 0 bridgehead atoms. The molecular formula is C24H26N4O2. The van der Waals surface area contributed by atoms with E-state index in [9.17, 15) is 4.79 Å². The van der Waals surface area contributed by atoms with Crippen LogP contribution in [0.5, 0.6) is 0 Å². The van der Waals surface area contributed by atoms with Crippen molar-refractivity contribution in [2.75, 3.05) is 0 Å². The summed E-state index contributed by atoms with van der Waals surface area (Å²) in [5.41, 5.74) is 9.21. The van der Waals surface area contributed by atoms with E-state index >= 15 is 0 Å². The van der Waals surface area contributed by atoms with Crippen molar-refractivity contribution in [2.45, 2.75) is 33.1 Å². The Morgan fingerprint density at radius 2 is 2.03 bits per heavy atom. The van der Waals surface area contributed by atoms with Crippen LogP contribution in [0.4, 0.5) is 0 Å². The minimum absolute atomic E-state index is 0.0161. The molecule has 30 heavy (non-hydrogen) atoms. The molecule has 154 valence electrons. The third-order valence-corrected chi connectivity index (χ3v) is 4.73. The quantitative estimate of drug-likeness (QED) is 0.322. The van der Waals surface area contributed by atoms with E-state index in [4.69, 9.17) is 15.9 Å². The van der Waals surface area contributed by atoms with Crippen molar-refractivity contribution in [3.63, 3.8) is 0 Å². The minimum Gasteiger partial charge on any atom is -0.385 e. The standard InChI is InChI=1S/C24H26N4O2/c1-17-8-10-21(11-9-17)22(29)24-27-12-14-28(24)13-4-7-19-5-3-6-20(15-19)16-30-18(2)23(25)26/h3-12,14-15,18H,13,16H2,1-2H3,(H3,25,26)/b7-4+/t18-/m1/s1. The average Bonchev–Trinajstić information content (AvgIpc) is 3.21. The van der Waals surface area contributed by atoms with Gasteiger partial charge in [0.05, 0.1) is 6.61 Å². The number of ketones is 1. The molecule has 0 unspecified atom stereocenters. The molecule has 0 radical (unpaired) electrons. The second kappa shape index (κ2) is 9.80. The van der Waals surface area contributed by atoms with Crippen LogP contribution in [0.3, 0.4) is 0 Å². The third kappa shape index (κ3) is 5.52. The first-order chi connectivity index (χ1) is 14.4. The van der Waals surface area contributed by atoms with Crippen LogP contribution in [0.2, 0.25) is 0 Å². The summed E-state index contributed by atoms with van der Waals surface area (Å²) in [6, 6.07) is 15.5. The number of imidazole rings is 1. The van der Waals surface area contributed by atoms with Gasteiger partial charge in [0, 0.05) is 24.5 Å². The third-order valence-electron chi connectivity index (χ3n) is 4.73. The summed E-state index contributed by atoms with van der Waals surface area (Å²) in [6.45, 7) is 4.67. The number of rotatable bonds is 9. The van der Waals surface area contributed by atoms with Crippen molar-refractivity contribution in [3.8, 4) is 0 Å². The molecule has 0 aliphatic heterocycles. The largest absolute Gasteiger partial charge is 0.385 e. The molecule has 6 nitrogen and oxygen atoms in total. The summed E-state index contributed by atoms with van der Waals surface area (Å²) < 4.78 is 7.41.